The number of para-hydroxylation sites is 1. The van der Waals surface area contributed by atoms with Crippen LogP contribution in [-0.2, 0) is 17.8 Å². The van der Waals surface area contributed by atoms with Gasteiger partial charge in [0.15, 0.2) is 0 Å². The van der Waals surface area contributed by atoms with Gasteiger partial charge in [-0.15, -0.1) is 0 Å². The van der Waals surface area contributed by atoms with Crippen LogP contribution in [0.25, 0.3) is 10.9 Å². The molecule has 4 rings (SSSR count). The van der Waals surface area contributed by atoms with Gasteiger partial charge in [0.25, 0.3) is 5.91 Å². The molecule has 1 amide bonds. The molecule has 0 saturated carbocycles. The van der Waals surface area contributed by atoms with E-state index in [0.717, 1.165) is 16.8 Å². The summed E-state index contributed by atoms with van der Waals surface area (Å²) < 4.78 is 10.5. The van der Waals surface area contributed by atoms with E-state index in [2.05, 4.69) is 33.0 Å². The molecule has 144 valence electrons. The van der Waals surface area contributed by atoms with Crippen LogP contribution in [0, 0.1) is 0 Å². The molecule has 3 N–H and O–H groups in total. The average molecular weight is 378 g/mol. The van der Waals surface area contributed by atoms with Crippen molar-refractivity contribution in [3.05, 3.63) is 59.3 Å². The van der Waals surface area contributed by atoms with Crippen molar-refractivity contribution < 1.29 is 14.3 Å². The van der Waals surface area contributed by atoms with Crippen LogP contribution in [0.2, 0.25) is 0 Å². The van der Waals surface area contributed by atoms with Crippen LogP contribution >= 0.6 is 0 Å². The number of carbonyl (C=O) groups is 1. The van der Waals surface area contributed by atoms with E-state index >= 15 is 0 Å². The smallest absolute Gasteiger partial charge is 0.257 e. The summed E-state index contributed by atoms with van der Waals surface area (Å²) >= 11 is 0. The van der Waals surface area contributed by atoms with Crippen molar-refractivity contribution in [2.75, 3.05) is 14.2 Å². The molecule has 0 radical (unpaired) electrons. The number of ether oxygens (including phenoxy) is 2. The highest BCUT2D eigenvalue weighted by atomic mass is 16.5. The minimum absolute atomic E-state index is 0.172. The van der Waals surface area contributed by atoms with Gasteiger partial charge < -0.3 is 14.5 Å². The molecule has 0 fully saturated rings. The number of nitrogens with zero attached hydrogens (tertiary/aromatic N) is 1. The van der Waals surface area contributed by atoms with E-state index in [1.165, 1.54) is 10.9 Å². The fourth-order valence-electron chi connectivity index (χ4n) is 3.51. The van der Waals surface area contributed by atoms with Gasteiger partial charge in [-0.3, -0.25) is 10.1 Å². The third-order valence-electron chi connectivity index (χ3n) is 4.97. The SMILES string of the molecule is COc1ccc(OC)c(C=NNC(=O)C2Cc3c([nH]c4ccccc34)CN2)c1. The number of amides is 1. The van der Waals surface area contributed by atoms with E-state index in [-0.39, 0.29) is 11.9 Å². The van der Waals surface area contributed by atoms with Crippen LogP contribution in [-0.4, -0.2) is 37.4 Å². The zero-order valence-corrected chi connectivity index (χ0v) is 15.8. The second-order valence-corrected chi connectivity index (χ2v) is 6.61. The summed E-state index contributed by atoms with van der Waals surface area (Å²) in [6.45, 7) is 0.621. The Bertz CT molecular complexity index is 1040. The predicted molar refractivity (Wildman–Crippen MR) is 108 cm³/mol. The van der Waals surface area contributed by atoms with Crippen molar-refractivity contribution in [1.82, 2.24) is 15.7 Å². The summed E-state index contributed by atoms with van der Waals surface area (Å²) in [7, 11) is 3.18. The Labute approximate surface area is 162 Å². The van der Waals surface area contributed by atoms with Crippen LogP contribution in [0.3, 0.4) is 0 Å². The van der Waals surface area contributed by atoms with E-state index in [1.54, 1.807) is 38.6 Å². The molecule has 7 nitrogen and oxygen atoms in total. The Morgan fingerprint density at radius 1 is 1.21 bits per heavy atom. The maximum Gasteiger partial charge on any atom is 0.257 e. The molecule has 1 aliphatic heterocycles. The van der Waals surface area contributed by atoms with Gasteiger partial charge in [0.1, 0.15) is 11.5 Å². The summed E-state index contributed by atoms with van der Waals surface area (Å²) in [5.74, 6) is 1.17. The number of methoxy groups -OCH3 is 2. The Balaban J connectivity index is 1.46. The highest BCUT2D eigenvalue weighted by Gasteiger charge is 2.26. The van der Waals surface area contributed by atoms with Crippen LogP contribution in [0.1, 0.15) is 16.8 Å². The largest absolute Gasteiger partial charge is 0.497 e. The summed E-state index contributed by atoms with van der Waals surface area (Å²) in [5, 5.41) is 8.53. The second kappa shape index (κ2) is 7.74. The molecule has 0 aliphatic carbocycles. The zero-order chi connectivity index (χ0) is 19.5. The number of fused-ring (bicyclic) bond motifs is 3. The predicted octanol–water partition coefficient (Wildman–Crippen LogP) is 2.35. The van der Waals surface area contributed by atoms with E-state index in [1.807, 2.05) is 12.1 Å². The monoisotopic (exact) mass is 378 g/mol. The lowest BCUT2D eigenvalue weighted by atomic mass is 9.98. The second-order valence-electron chi connectivity index (χ2n) is 6.61. The van der Waals surface area contributed by atoms with Gasteiger partial charge in [0, 0.05) is 28.7 Å². The summed E-state index contributed by atoms with van der Waals surface area (Å²) in [4.78, 5) is 16.0. The van der Waals surface area contributed by atoms with Gasteiger partial charge in [0.05, 0.1) is 26.5 Å². The van der Waals surface area contributed by atoms with Crippen molar-refractivity contribution in [2.45, 2.75) is 19.0 Å². The highest BCUT2D eigenvalue weighted by molar-refractivity contribution is 5.89. The van der Waals surface area contributed by atoms with E-state index in [4.69, 9.17) is 9.47 Å². The first kappa shape index (κ1) is 18.1. The average Bonchev–Trinajstić information content (AvgIpc) is 3.11. The standard InChI is InChI=1S/C21H22N4O3/c1-27-14-7-8-20(28-2)13(9-14)11-23-25-21(26)18-10-16-15-5-3-4-6-17(15)24-19(16)12-22-18/h3-9,11,18,22,24H,10,12H2,1-2H3,(H,25,26). The normalized spacial score (nSPS) is 16.1. The number of rotatable bonds is 5. The van der Waals surface area contributed by atoms with Gasteiger partial charge >= 0.3 is 0 Å². The molecule has 1 aliphatic rings. The first-order chi connectivity index (χ1) is 13.7. The molecule has 2 heterocycles. The summed E-state index contributed by atoms with van der Waals surface area (Å²) in [6.07, 6.45) is 2.17. The number of aromatic amines is 1. The fourth-order valence-corrected chi connectivity index (χ4v) is 3.51. The van der Waals surface area contributed by atoms with Crippen LogP contribution in [0.4, 0.5) is 0 Å². The summed E-state index contributed by atoms with van der Waals surface area (Å²) in [6, 6.07) is 13.2. The fraction of sp³-hybridized carbons (Fsp3) is 0.238. The van der Waals surface area contributed by atoms with Crippen molar-refractivity contribution >= 4 is 23.0 Å². The third kappa shape index (κ3) is 3.44. The maximum atomic E-state index is 12.6. The molecule has 7 heteroatoms. The van der Waals surface area contributed by atoms with E-state index in [0.29, 0.717) is 24.5 Å². The number of hydrazone groups is 1. The minimum atomic E-state index is -0.337. The molecule has 2 aromatic carbocycles. The maximum absolute atomic E-state index is 12.6. The minimum Gasteiger partial charge on any atom is -0.497 e. The third-order valence-corrected chi connectivity index (χ3v) is 4.97. The molecule has 0 spiro atoms. The molecule has 1 atom stereocenters. The van der Waals surface area contributed by atoms with Gasteiger partial charge in [-0.2, -0.15) is 5.10 Å². The first-order valence-electron chi connectivity index (χ1n) is 9.06. The van der Waals surface area contributed by atoms with Gasteiger partial charge in [0.2, 0.25) is 0 Å². The van der Waals surface area contributed by atoms with E-state index in [9.17, 15) is 4.79 Å². The number of hydrogen-bond acceptors (Lipinski definition) is 5. The van der Waals surface area contributed by atoms with Gasteiger partial charge in [-0.25, -0.2) is 5.43 Å². The Kier molecular flexibility index (Phi) is 4.99. The van der Waals surface area contributed by atoms with Crippen molar-refractivity contribution in [1.29, 1.82) is 0 Å². The molecular weight excluding hydrogens is 356 g/mol. The van der Waals surface area contributed by atoms with E-state index < -0.39 is 0 Å². The Hall–Kier alpha value is -3.32. The van der Waals surface area contributed by atoms with Crippen molar-refractivity contribution in [2.24, 2.45) is 5.10 Å². The summed E-state index contributed by atoms with van der Waals surface area (Å²) in [5.41, 5.74) is 6.76. The first-order valence-corrected chi connectivity index (χ1v) is 9.06. The molecule has 1 unspecified atom stereocenters. The van der Waals surface area contributed by atoms with Crippen LogP contribution in [0.15, 0.2) is 47.6 Å². The Morgan fingerprint density at radius 2 is 2.07 bits per heavy atom. The van der Waals surface area contributed by atoms with Crippen LogP contribution in [0.5, 0.6) is 11.5 Å². The topological polar surface area (TPSA) is 87.7 Å². The van der Waals surface area contributed by atoms with Crippen LogP contribution < -0.4 is 20.2 Å². The molecule has 0 saturated heterocycles. The molecule has 1 aromatic heterocycles. The number of benzene rings is 2. The quantitative estimate of drug-likeness (QED) is 0.470. The molecule has 28 heavy (non-hydrogen) atoms. The van der Waals surface area contributed by atoms with Gasteiger partial charge in [-0.1, -0.05) is 18.2 Å². The Morgan fingerprint density at radius 3 is 2.89 bits per heavy atom. The van der Waals surface area contributed by atoms with Gasteiger partial charge in [-0.05, 0) is 36.2 Å². The number of carbonyl (C=O) groups excluding carboxylic acids is 1. The molecular formula is C21H22N4O3. The van der Waals surface area contributed by atoms with Crippen molar-refractivity contribution in [3.8, 4) is 11.5 Å². The lowest BCUT2D eigenvalue weighted by molar-refractivity contribution is -0.123. The number of nitrogens with one attached hydrogen (secondary N) is 3. The number of aromatic nitrogens is 1. The molecule has 3 aromatic rings. The number of hydrogen-bond donors (Lipinski definition) is 3. The zero-order valence-electron chi connectivity index (χ0n) is 15.8. The lowest BCUT2D eigenvalue weighted by Gasteiger charge is -2.22. The highest BCUT2D eigenvalue weighted by Crippen LogP contribution is 2.26. The van der Waals surface area contributed by atoms with Crippen molar-refractivity contribution in [3.63, 3.8) is 0 Å². The number of H-pyrrole nitrogens is 1. The lowest BCUT2D eigenvalue weighted by Crippen LogP contribution is -2.46. The molecule has 0 bridgehead atoms.